The minimum Gasteiger partial charge on any atom is -0.379 e. The molecule has 0 fully saturated rings. The number of primary amides is 1. The Bertz CT molecular complexity index is 457. The van der Waals surface area contributed by atoms with Crippen LogP contribution >= 0.6 is 11.6 Å². The van der Waals surface area contributed by atoms with Crippen LogP contribution in [0, 0.1) is 0 Å². The number of aromatic nitrogens is 2. The van der Waals surface area contributed by atoms with Gasteiger partial charge in [0.25, 0.3) is 5.56 Å². The van der Waals surface area contributed by atoms with Crippen LogP contribution in [-0.4, -0.2) is 21.7 Å². The highest BCUT2D eigenvalue weighted by atomic mass is 35.5. The predicted molar refractivity (Wildman–Crippen MR) is 61.4 cm³/mol. The molecule has 0 spiro atoms. The Kier molecular flexibility index (Phi) is 3.89. The molecular weight excluding hydrogens is 232 g/mol. The lowest BCUT2D eigenvalue weighted by molar-refractivity contribution is -0.118. The summed E-state index contributed by atoms with van der Waals surface area (Å²) in [5.74, 6) is -0.423. The summed E-state index contributed by atoms with van der Waals surface area (Å²) in [6, 6.07) is -0.205. The molecule has 1 unspecified atom stereocenters. The van der Waals surface area contributed by atoms with Crippen molar-refractivity contribution >= 4 is 23.2 Å². The summed E-state index contributed by atoms with van der Waals surface area (Å²) in [6.45, 7) is 1.76. The summed E-state index contributed by atoms with van der Waals surface area (Å²) < 4.78 is 1.13. The van der Waals surface area contributed by atoms with Crippen molar-refractivity contribution in [3.05, 3.63) is 21.6 Å². The third kappa shape index (κ3) is 2.96. The predicted octanol–water partition coefficient (Wildman–Crippen LogP) is 0.109. The number of amides is 1. The van der Waals surface area contributed by atoms with Crippen LogP contribution in [0.5, 0.6) is 0 Å². The van der Waals surface area contributed by atoms with Gasteiger partial charge in [-0.1, -0.05) is 11.6 Å². The molecule has 0 aliphatic carbocycles. The van der Waals surface area contributed by atoms with Gasteiger partial charge in [-0.2, -0.15) is 5.10 Å². The third-order valence-electron chi connectivity index (χ3n) is 1.99. The average Bonchev–Trinajstić information content (AvgIpc) is 2.18. The summed E-state index contributed by atoms with van der Waals surface area (Å²) in [7, 11) is 1.50. The summed E-state index contributed by atoms with van der Waals surface area (Å²) in [6.07, 6.45) is 1.59. The van der Waals surface area contributed by atoms with Gasteiger partial charge < -0.3 is 11.1 Å². The number of nitrogens with one attached hydrogen (secondary N) is 1. The van der Waals surface area contributed by atoms with E-state index in [1.165, 1.54) is 13.2 Å². The maximum atomic E-state index is 11.4. The van der Waals surface area contributed by atoms with Gasteiger partial charge in [0.2, 0.25) is 5.91 Å². The van der Waals surface area contributed by atoms with Crippen molar-refractivity contribution in [1.29, 1.82) is 0 Å². The number of nitrogens with zero attached hydrogens (tertiary/aromatic N) is 2. The number of hydrogen-bond donors (Lipinski definition) is 2. The van der Waals surface area contributed by atoms with Gasteiger partial charge in [-0.3, -0.25) is 9.59 Å². The van der Waals surface area contributed by atoms with Crippen LogP contribution in [-0.2, 0) is 11.8 Å². The average molecular weight is 245 g/mol. The lowest BCUT2D eigenvalue weighted by atomic mass is 10.2. The topological polar surface area (TPSA) is 90.0 Å². The fraction of sp³-hybridized carbons (Fsp3) is 0.444. The van der Waals surface area contributed by atoms with Gasteiger partial charge in [0.15, 0.2) is 0 Å². The summed E-state index contributed by atoms with van der Waals surface area (Å²) in [5.41, 5.74) is 5.06. The molecule has 3 N–H and O–H groups in total. The Hall–Kier alpha value is -1.56. The zero-order chi connectivity index (χ0) is 12.3. The quantitative estimate of drug-likeness (QED) is 0.787. The molecule has 0 aliphatic heterocycles. The highest BCUT2D eigenvalue weighted by molar-refractivity contribution is 6.32. The van der Waals surface area contributed by atoms with E-state index in [2.05, 4.69) is 10.4 Å². The fourth-order valence-corrected chi connectivity index (χ4v) is 1.46. The van der Waals surface area contributed by atoms with Crippen molar-refractivity contribution in [3.63, 3.8) is 0 Å². The van der Waals surface area contributed by atoms with Crippen molar-refractivity contribution in [3.8, 4) is 0 Å². The number of anilines is 1. The standard InChI is InChI=1S/C9H13ClN4O2/c1-5(3-7(11)15)13-6-4-12-14(2)9(16)8(6)10/h4-5,13H,3H2,1-2H3,(H2,11,15). The van der Waals surface area contributed by atoms with E-state index in [1.54, 1.807) is 6.92 Å². The Morgan fingerprint density at radius 3 is 2.94 bits per heavy atom. The number of carbonyl (C=O) groups is 1. The van der Waals surface area contributed by atoms with Crippen LogP contribution < -0.4 is 16.6 Å². The highest BCUT2D eigenvalue weighted by Crippen LogP contribution is 2.16. The van der Waals surface area contributed by atoms with E-state index >= 15 is 0 Å². The van der Waals surface area contributed by atoms with E-state index < -0.39 is 11.5 Å². The van der Waals surface area contributed by atoms with E-state index in [9.17, 15) is 9.59 Å². The largest absolute Gasteiger partial charge is 0.379 e. The minimum atomic E-state index is -0.423. The summed E-state index contributed by atoms with van der Waals surface area (Å²) >= 11 is 5.83. The van der Waals surface area contributed by atoms with Crippen LogP contribution in [0.25, 0.3) is 0 Å². The molecule has 0 aromatic carbocycles. The molecule has 1 aromatic rings. The van der Waals surface area contributed by atoms with Crippen molar-refractivity contribution in [2.45, 2.75) is 19.4 Å². The van der Waals surface area contributed by atoms with E-state index in [0.29, 0.717) is 5.69 Å². The van der Waals surface area contributed by atoms with Gasteiger partial charge >= 0.3 is 0 Å². The molecule has 0 saturated carbocycles. The van der Waals surface area contributed by atoms with Crippen molar-refractivity contribution in [2.24, 2.45) is 12.8 Å². The van der Waals surface area contributed by atoms with Crippen molar-refractivity contribution < 1.29 is 4.79 Å². The Morgan fingerprint density at radius 2 is 2.38 bits per heavy atom. The first-order valence-corrected chi connectivity index (χ1v) is 5.06. The molecule has 1 atom stereocenters. The molecule has 1 heterocycles. The fourth-order valence-electron chi connectivity index (χ4n) is 1.23. The van der Waals surface area contributed by atoms with Gasteiger partial charge in [0.1, 0.15) is 5.02 Å². The van der Waals surface area contributed by atoms with E-state index in [4.69, 9.17) is 17.3 Å². The molecule has 0 aliphatic rings. The first-order valence-electron chi connectivity index (χ1n) is 4.68. The molecule has 16 heavy (non-hydrogen) atoms. The van der Waals surface area contributed by atoms with Crippen LogP contribution in [0.4, 0.5) is 5.69 Å². The smallest absolute Gasteiger partial charge is 0.287 e. The first-order chi connectivity index (χ1) is 7.41. The van der Waals surface area contributed by atoms with Crippen LogP contribution in [0.3, 0.4) is 0 Å². The lowest BCUT2D eigenvalue weighted by Gasteiger charge is -2.14. The second kappa shape index (κ2) is 4.98. The number of aryl methyl sites for hydroxylation is 1. The van der Waals surface area contributed by atoms with Gasteiger partial charge in [0.05, 0.1) is 11.9 Å². The van der Waals surface area contributed by atoms with Crippen molar-refractivity contribution in [2.75, 3.05) is 5.32 Å². The highest BCUT2D eigenvalue weighted by Gasteiger charge is 2.11. The number of halogens is 1. The third-order valence-corrected chi connectivity index (χ3v) is 2.35. The van der Waals surface area contributed by atoms with Gasteiger partial charge in [0, 0.05) is 19.5 Å². The maximum absolute atomic E-state index is 11.4. The molecule has 88 valence electrons. The van der Waals surface area contributed by atoms with Crippen LogP contribution in [0.15, 0.2) is 11.0 Å². The molecule has 0 bridgehead atoms. The van der Waals surface area contributed by atoms with E-state index in [1.807, 2.05) is 0 Å². The van der Waals surface area contributed by atoms with Crippen LogP contribution in [0.1, 0.15) is 13.3 Å². The maximum Gasteiger partial charge on any atom is 0.287 e. The van der Waals surface area contributed by atoms with Crippen LogP contribution in [0.2, 0.25) is 5.02 Å². The number of hydrogen-bond acceptors (Lipinski definition) is 4. The Morgan fingerprint density at radius 1 is 1.75 bits per heavy atom. The molecule has 6 nitrogen and oxygen atoms in total. The zero-order valence-electron chi connectivity index (χ0n) is 9.03. The summed E-state index contributed by atoms with van der Waals surface area (Å²) in [4.78, 5) is 22.1. The molecule has 0 saturated heterocycles. The summed E-state index contributed by atoms with van der Waals surface area (Å²) in [5, 5.41) is 6.76. The SMILES string of the molecule is CC(CC(N)=O)Nc1cnn(C)c(=O)c1Cl. The van der Waals surface area contributed by atoms with Gasteiger partial charge in [-0.05, 0) is 6.92 Å². The van der Waals surface area contributed by atoms with Gasteiger partial charge in [-0.15, -0.1) is 0 Å². The Labute approximate surface area is 97.4 Å². The Balaban J connectivity index is 2.86. The number of nitrogens with two attached hydrogens (primary N) is 1. The number of rotatable bonds is 4. The monoisotopic (exact) mass is 244 g/mol. The molecule has 1 aromatic heterocycles. The molecule has 0 radical (unpaired) electrons. The molecule has 7 heteroatoms. The zero-order valence-corrected chi connectivity index (χ0v) is 9.78. The van der Waals surface area contributed by atoms with E-state index in [-0.39, 0.29) is 17.5 Å². The van der Waals surface area contributed by atoms with Crippen molar-refractivity contribution in [1.82, 2.24) is 9.78 Å². The molecule has 1 rings (SSSR count). The van der Waals surface area contributed by atoms with Gasteiger partial charge in [-0.25, -0.2) is 4.68 Å². The normalized spacial score (nSPS) is 12.2. The van der Waals surface area contributed by atoms with E-state index in [0.717, 1.165) is 4.68 Å². The lowest BCUT2D eigenvalue weighted by Crippen LogP contribution is -2.26. The second-order valence-corrected chi connectivity index (χ2v) is 3.89. The molecular formula is C9H13ClN4O2. The first kappa shape index (κ1) is 12.5. The second-order valence-electron chi connectivity index (χ2n) is 3.52. The minimum absolute atomic E-state index is 0.0498. The molecule has 1 amide bonds. The number of carbonyl (C=O) groups excluding carboxylic acids is 1.